The molecule has 0 aliphatic carbocycles. The average Bonchev–Trinajstić information content (AvgIpc) is 2.95. The molecular weight excluding hydrogens is 302 g/mol. The molecule has 0 bridgehead atoms. The molecule has 3 aromatic rings. The molecule has 23 heavy (non-hydrogen) atoms. The molecule has 4 heteroatoms. The second kappa shape index (κ2) is 7.47. The van der Waals surface area contributed by atoms with Gasteiger partial charge in [0.1, 0.15) is 5.82 Å². The topological polar surface area (TPSA) is 30.7 Å². The number of thioether (sulfide) groups is 1. The highest BCUT2D eigenvalue weighted by Gasteiger charge is 2.12. The molecule has 0 N–H and O–H groups in total. The predicted molar refractivity (Wildman–Crippen MR) is 95.7 cm³/mol. The Hall–Kier alpha value is -2.07. The molecule has 0 atom stereocenters. The van der Waals surface area contributed by atoms with E-state index in [1.54, 1.807) is 11.8 Å². The molecule has 0 aliphatic heterocycles. The molecular formula is C19H21N3S. The predicted octanol–water partition coefficient (Wildman–Crippen LogP) is 4.49. The Balaban J connectivity index is 1.73. The number of rotatable bonds is 6. The minimum absolute atomic E-state index is 0.826. The first-order chi connectivity index (χ1) is 11.3. The van der Waals surface area contributed by atoms with E-state index < -0.39 is 0 Å². The summed E-state index contributed by atoms with van der Waals surface area (Å²) in [6.07, 6.45) is 0.826. The van der Waals surface area contributed by atoms with Gasteiger partial charge in [0.2, 0.25) is 0 Å². The summed E-state index contributed by atoms with van der Waals surface area (Å²) in [6, 6.07) is 19.1. The molecule has 0 saturated carbocycles. The molecule has 0 unspecified atom stereocenters. The Bertz CT molecular complexity index is 765. The van der Waals surface area contributed by atoms with Crippen molar-refractivity contribution in [1.29, 1.82) is 0 Å². The first kappa shape index (κ1) is 15.8. The van der Waals surface area contributed by atoms with Gasteiger partial charge in [-0.15, -0.1) is 10.2 Å². The van der Waals surface area contributed by atoms with Gasteiger partial charge < -0.3 is 4.57 Å². The molecule has 0 saturated heterocycles. The Morgan fingerprint density at radius 3 is 2.48 bits per heavy atom. The lowest BCUT2D eigenvalue weighted by Gasteiger charge is -2.07. The first-order valence-electron chi connectivity index (χ1n) is 7.90. The SMILES string of the molecule is CCn1c(Cc2ccccc2)nnc1SCc1cccc(C)c1. The van der Waals surface area contributed by atoms with Crippen LogP contribution in [0.4, 0.5) is 0 Å². The molecule has 3 rings (SSSR count). The average molecular weight is 323 g/mol. The summed E-state index contributed by atoms with van der Waals surface area (Å²) < 4.78 is 2.22. The fraction of sp³-hybridized carbons (Fsp3) is 0.263. The molecule has 3 nitrogen and oxygen atoms in total. The van der Waals surface area contributed by atoms with E-state index in [4.69, 9.17) is 0 Å². The van der Waals surface area contributed by atoms with Gasteiger partial charge in [0.05, 0.1) is 0 Å². The summed E-state index contributed by atoms with van der Waals surface area (Å²) in [7, 11) is 0. The van der Waals surface area contributed by atoms with Crippen molar-refractivity contribution in [2.24, 2.45) is 0 Å². The maximum atomic E-state index is 4.40. The quantitative estimate of drug-likeness (QED) is 0.626. The second-order valence-corrected chi connectivity index (χ2v) is 6.53. The minimum atomic E-state index is 0.826. The van der Waals surface area contributed by atoms with Gasteiger partial charge in [-0.3, -0.25) is 0 Å². The van der Waals surface area contributed by atoms with Crippen molar-refractivity contribution in [2.45, 2.75) is 37.7 Å². The lowest BCUT2D eigenvalue weighted by molar-refractivity contribution is 0.651. The van der Waals surface area contributed by atoms with Crippen LogP contribution in [-0.2, 0) is 18.7 Å². The highest BCUT2D eigenvalue weighted by atomic mass is 32.2. The molecule has 1 heterocycles. The third-order valence-electron chi connectivity index (χ3n) is 3.77. The van der Waals surface area contributed by atoms with Crippen molar-refractivity contribution in [2.75, 3.05) is 0 Å². The second-order valence-electron chi connectivity index (χ2n) is 5.58. The molecule has 0 radical (unpaired) electrons. The molecule has 0 fully saturated rings. The van der Waals surface area contributed by atoms with E-state index in [9.17, 15) is 0 Å². The molecule has 1 aromatic heterocycles. The van der Waals surface area contributed by atoms with Crippen LogP contribution in [0.2, 0.25) is 0 Å². The van der Waals surface area contributed by atoms with Gasteiger partial charge in [-0.2, -0.15) is 0 Å². The molecule has 0 spiro atoms. The number of aromatic nitrogens is 3. The zero-order valence-electron chi connectivity index (χ0n) is 13.6. The van der Waals surface area contributed by atoms with Gasteiger partial charge in [-0.25, -0.2) is 0 Å². The van der Waals surface area contributed by atoms with Crippen LogP contribution in [0.25, 0.3) is 0 Å². The fourth-order valence-electron chi connectivity index (χ4n) is 2.60. The zero-order chi connectivity index (χ0) is 16.1. The minimum Gasteiger partial charge on any atom is -0.306 e. The van der Waals surface area contributed by atoms with Gasteiger partial charge in [0.25, 0.3) is 0 Å². The normalized spacial score (nSPS) is 10.9. The Labute approximate surface area is 141 Å². The highest BCUT2D eigenvalue weighted by Crippen LogP contribution is 2.23. The van der Waals surface area contributed by atoms with Gasteiger partial charge in [0, 0.05) is 18.7 Å². The van der Waals surface area contributed by atoms with Crippen LogP contribution >= 0.6 is 11.8 Å². The van der Waals surface area contributed by atoms with Crippen molar-refractivity contribution >= 4 is 11.8 Å². The number of benzene rings is 2. The highest BCUT2D eigenvalue weighted by molar-refractivity contribution is 7.98. The lowest BCUT2D eigenvalue weighted by Crippen LogP contribution is -2.04. The van der Waals surface area contributed by atoms with E-state index in [2.05, 4.69) is 77.1 Å². The third kappa shape index (κ3) is 4.02. The molecule has 0 aliphatic rings. The summed E-state index contributed by atoms with van der Waals surface area (Å²) in [5.74, 6) is 1.95. The van der Waals surface area contributed by atoms with Crippen LogP contribution in [0.3, 0.4) is 0 Å². The van der Waals surface area contributed by atoms with Crippen LogP contribution in [0.1, 0.15) is 29.4 Å². The van der Waals surface area contributed by atoms with E-state index in [-0.39, 0.29) is 0 Å². The van der Waals surface area contributed by atoms with E-state index in [1.807, 2.05) is 6.07 Å². The van der Waals surface area contributed by atoms with Crippen molar-refractivity contribution in [3.8, 4) is 0 Å². The number of aryl methyl sites for hydroxylation is 1. The van der Waals surface area contributed by atoms with Crippen molar-refractivity contribution in [3.05, 3.63) is 77.1 Å². The summed E-state index contributed by atoms with van der Waals surface area (Å²) >= 11 is 1.75. The monoisotopic (exact) mass is 323 g/mol. The Kier molecular flexibility index (Phi) is 5.13. The van der Waals surface area contributed by atoms with Gasteiger partial charge in [-0.1, -0.05) is 71.9 Å². The van der Waals surface area contributed by atoms with Gasteiger partial charge >= 0.3 is 0 Å². The van der Waals surface area contributed by atoms with Crippen LogP contribution in [-0.4, -0.2) is 14.8 Å². The fourth-order valence-corrected chi connectivity index (χ4v) is 3.57. The standard InChI is InChI=1S/C19H21N3S/c1-3-22-18(13-16-9-5-4-6-10-16)20-21-19(22)23-14-17-11-7-8-15(2)12-17/h4-12H,3,13-14H2,1-2H3. The van der Waals surface area contributed by atoms with E-state index in [0.717, 1.165) is 29.7 Å². The van der Waals surface area contributed by atoms with Crippen LogP contribution in [0, 0.1) is 6.92 Å². The maximum absolute atomic E-state index is 4.40. The Morgan fingerprint density at radius 2 is 1.74 bits per heavy atom. The van der Waals surface area contributed by atoms with Crippen LogP contribution in [0.5, 0.6) is 0 Å². The summed E-state index contributed by atoms with van der Waals surface area (Å²) in [5.41, 5.74) is 3.89. The van der Waals surface area contributed by atoms with Crippen LogP contribution in [0.15, 0.2) is 59.8 Å². The zero-order valence-corrected chi connectivity index (χ0v) is 14.4. The Morgan fingerprint density at radius 1 is 0.957 bits per heavy atom. The number of hydrogen-bond donors (Lipinski definition) is 0. The van der Waals surface area contributed by atoms with E-state index in [1.165, 1.54) is 16.7 Å². The summed E-state index contributed by atoms with van der Waals surface area (Å²) in [6.45, 7) is 5.17. The van der Waals surface area contributed by atoms with Gasteiger partial charge in [-0.05, 0) is 25.0 Å². The van der Waals surface area contributed by atoms with Gasteiger partial charge in [0.15, 0.2) is 5.16 Å². The van der Waals surface area contributed by atoms with Crippen LogP contribution < -0.4 is 0 Å². The van der Waals surface area contributed by atoms with Crippen molar-refractivity contribution < 1.29 is 0 Å². The smallest absolute Gasteiger partial charge is 0.191 e. The molecule has 0 amide bonds. The molecule has 2 aromatic carbocycles. The summed E-state index contributed by atoms with van der Waals surface area (Å²) in [4.78, 5) is 0. The molecule has 118 valence electrons. The third-order valence-corrected chi connectivity index (χ3v) is 4.80. The first-order valence-corrected chi connectivity index (χ1v) is 8.89. The van der Waals surface area contributed by atoms with Crippen molar-refractivity contribution in [3.63, 3.8) is 0 Å². The summed E-state index contributed by atoms with van der Waals surface area (Å²) in [5, 5.41) is 9.80. The lowest BCUT2D eigenvalue weighted by atomic mass is 10.1. The number of hydrogen-bond acceptors (Lipinski definition) is 3. The van der Waals surface area contributed by atoms with E-state index in [0.29, 0.717) is 0 Å². The number of nitrogens with zero attached hydrogens (tertiary/aromatic N) is 3. The largest absolute Gasteiger partial charge is 0.306 e. The van der Waals surface area contributed by atoms with E-state index >= 15 is 0 Å². The maximum Gasteiger partial charge on any atom is 0.191 e. The van der Waals surface area contributed by atoms with Crippen molar-refractivity contribution in [1.82, 2.24) is 14.8 Å².